The smallest absolute Gasteiger partial charge is 0.426 e. The molecule has 2 atom stereocenters. The second-order valence-corrected chi connectivity index (χ2v) is 7.29. The lowest BCUT2D eigenvalue weighted by Crippen LogP contribution is -2.58. The molecule has 9 heteroatoms. The maximum Gasteiger partial charge on any atom is 0.426 e. The van der Waals surface area contributed by atoms with Crippen molar-refractivity contribution in [2.45, 2.75) is 83.4 Å². The highest BCUT2D eigenvalue weighted by Crippen LogP contribution is 2.49. The molecule has 3 nitrogen and oxygen atoms in total. The lowest BCUT2D eigenvalue weighted by Gasteiger charge is -2.39. The van der Waals surface area contributed by atoms with Crippen molar-refractivity contribution in [3.63, 3.8) is 0 Å². The van der Waals surface area contributed by atoms with Gasteiger partial charge >= 0.3 is 18.3 Å². The Kier molecular flexibility index (Phi) is 6.46. The highest BCUT2D eigenvalue weighted by atomic mass is 19.4. The number of aliphatic hydroxyl groups is 1. The summed E-state index contributed by atoms with van der Waals surface area (Å²) in [6, 6.07) is 0. The molecule has 0 spiro atoms. The average molecular weight is 378 g/mol. The van der Waals surface area contributed by atoms with Crippen LogP contribution in [0.25, 0.3) is 0 Å². The van der Waals surface area contributed by atoms with E-state index in [0.29, 0.717) is 19.3 Å². The van der Waals surface area contributed by atoms with Crippen LogP contribution in [0.3, 0.4) is 0 Å². The number of alkyl halides is 6. The van der Waals surface area contributed by atoms with E-state index in [2.05, 4.69) is 0 Å². The third-order valence-corrected chi connectivity index (χ3v) is 5.03. The topological polar surface area (TPSA) is 46.5 Å². The van der Waals surface area contributed by atoms with Crippen LogP contribution in [0, 0.1) is 11.3 Å². The number of hydrogen-bond donors (Lipinski definition) is 1. The van der Waals surface area contributed by atoms with E-state index < -0.39 is 47.8 Å². The van der Waals surface area contributed by atoms with E-state index in [9.17, 15) is 36.2 Å². The normalized spacial score (nSPS) is 23.4. The molecule has 1 fully saturated rings. The van der Waals surface area contributed by atoms with Gasteiger partial charge in [0.25, 0.3) is 5.60 Å². The zero-order chi connectivity index (χ0) is 19.7. The lowest BCUT2D eigenvalue weighted by molar-refractivity contribution is -0.374. The molecule has 1 aliphatic rings. The van der Waals surface area contributed by atoms with Gasteiger partial charge in [0.1, 0.15) is 6.10 Å². The molecule has 1 rings (SSSR count). The molecule has 0 aromatic rings. The summed E-state index contributed by atoms with van der Waals surface area (Å²) in [5.74, 6) is -1.87. The number of carbonyl (C=O) groups is 1. The number of esters is 1. The molecule has 1 saturated carbocycles. The predicted molar refractivity (Wildman–Crippen MR) is 77.6 cm³/mol. The maximum atomic E-state index is 12.9. The molecular weight excluding hydrogens is 354 g/mol. The number of carbonyl (C=O) groups excluding carboxylic acids is 1. The van der Waals surface area contributed by atoms with Gasteiger partial charge in [-0.15, -0.1) is 0 Å². The van der Waals surface area contributed by atoms with Crippen molar-refractivity contribution in [1.82, 2.24) is 0 Å². The molecule has 0 aromatic carbocycles. The molecule has 0 heterocycles. The van der Waals surface area contributed by atoms with E-state index in [1.807, 2.05) is 0 Å². The SMILES string of the molecule is CCC(C)(C)C(=O)OC1CCCCC1CC(O)(C(F)(F)F)C(F)(F)F. The van der Waals surface area contributed by atoms with Crippen LogP contribution in [0.1, 0.15) is 59.3 Å². The van der Waals surface area contributed by atoms with Gasteiger partial charge in [0, 0.05) is 6.42 Å². The summed E-state index contributed by atoms with van der Waals surface area (Å²) in [6.07, 6.45) is -12.8. The van der Waals surface area contributed by atoms with Crippen LogP contribution < -0.4 is 0 Å². The Hall–Kier alpha value is -0.990. The van der Waals surface area contributed by atoms with E-state index in [1.54, 1.807) is 20.8 Å². The van der Waals surface area contributed by atoms with Crippen LogP contribution in [-0.2, 0) is 9.53 Å². The lowest BCUT2D eigenvalue weighted by atomic mass is 9.78. The zero-order valence-electron chi connectivity index (χ0n) is 14.4. The van der Waals surface area contributed by atoms with Gasteiger partial charge in [0.05, 0.1) is 5.41 Å². The third kappa shape index (κ3) is 4.80. The minimum absolute atomic E-state index is 0.0268. The van der Waals surface area contributed by atoms with Crippen molar-refractivity contribution in [2.75, 3.05) is 0 Å². The van der Waals surface area contributed by atoms with Gasteiger partial charge in [-0.3, -0.25) is 4.79 Å². The summed E-state index contributed by atoms with van der Waals surface area (Å²) in [6.45, 7) is 4.91. The van der Waals surface area contributed by atoms with Gasteiger partial charge in [-0.05, 0) is 45.4 Å². The fraction of sp³-hybridized carbons (Fsp3) is 0.938. The van der Waals surface area contributed by atoms with Gasteiger partial charge in [-0.1, -0.05) is 13.3 Å². The zero-order valence-corrected chi connectivity index (χ0v) is 14.4. The van der Waals surface area contributed by atoms with E-state index >= 15 is 0 Å². The van der Waals surface area contributed by atoms with Gasteiger partial charge in [0.2, 0.25) is 0 Å². The van der Waals surface area contributed by atoms with Crippen molar-refractivity contribution < 1.29 is 41.0 Å². The van der Waals surface area contributed by atoms with Crippen LogP contribution in [0.2, 0.25) is 0 Å². The Morgan fingerprint density at radius 1 is 1.04 bits per heavy atom. The summed E-state index contributed by atoms with van der Waals surface area (Å²) in [5, 5.41) is 9.40. The molecule has 0 aromatic heterocycles. The Labute approximate surface area is 142 Å². The van der Waals surface area contributed by atoms with Gasteiger partial charge < -0.3 is 9.84 Å². The molecule has 0 amide bonds. The van der Waals surface area contributed by atoms with E-state index in [0.717, 1.165) is 0 Å². The largest absolute Gasteiger partial charge is 0.462 e. The Morgan fingerprint density at radius 3 is 1.96 bits per heavy atom. The first-order chi connectivity index (χ1) is 11.2. The number of hydrogen-bond acceptors (Lipinski definition) is 3. The van der Waals surface area contributed by atoms with Crippen LogP contribution in [0.5, 0.6) is 0 Å². The highest BCUT2D eigenvalue weighted by molar-refractivity contribution is 5.76. The molecule has 25 heavy (non-hydrogen) atoms. The van der Waals surface area contributed by atoms with E-state index in [1.165, 1.54) is 0 Å². The average Bonchev–Trinajstić information content (AvgIpc) is 2.46. The number of halogens is 6. The monoisotopic (exact) mass is 378 g/mol. The van der Waals surface area contributed by atoms with Crippen molar-refractivity contribution in [2.24, 2.45) is 11.3 Å². The van der Waals surface area contributed by atoms with E-state index in [4.69, 9.17) is 4.74 Å². The minimum Gasteiger partial charge on any atom is -0.462 e. The van der Waals surface area contributed by atoms with Crippen molar-refractivity contribution in [1.29, 1.82) is 0 Å². The third-order valence-electron chi connectivity index (χ3n) is 5.03. The Bertz CT molecular complexity index is 455. The van der Waals surface area contributed by atoms with Crippen molar-refractivity contribution >= 4 is 5.97 Å². The molecule has 148 valence electrons. The summed E-state index contributed by atoms with van der Waals surface area (Å²) in [5.41, 5.74) is -5.70. The molecule has 0 saturated heterocycles. The van der Waals surface area contributed by atoms with Crippen LogP contribution >= 0.6 is 0 Å². The molecule has 2 unspecified atom stereocenters. The molecular formula is C16H24F6O3. The molecule has 1 aliphatic carbocycles. The number of ether oxygens (including phenoxy) is 1. The fourth-order valence-corrected chi connectivity index (χ4v) is 2.78. The Morgan fingerprint density at radius 2 is 1.52 bits per heavy atom. The first-order valence-electron chi connectivity index (χ1n) is 8.22. The van der Waals surface area contributed by atoms with Crippen molar-refractivity contribution in [3.05, 3.63) is 0 Å². The summed E-state index contributed by atoms with van der Waals surface area (Å²) in [4.78, 5) is 12.1. The van der Waals surface area contributed by atoms with Crippen LogP contribution in [0.15, 0.2) is 0 Å². The molecule has 1 N–H and O–H groups in total. The van der Waals surface area contributed by atoms with E-state index in [-0.39, 0.29) is 12.8 Å². The highest BCUT2D eigenvalue weighted by Gasteiger charge is 2.70. The van der Waals surface area contributed by atoms with Crippen LogP contribution in [-0.4, -0.2) is 35.1 Å². The second-order valence-electron chi connectivity index (χ2n) is 7.29. The fourth-order valence-electron chi connectivity index (χ4n) is 2.78. The summed E-state index contributed by atoms with van der Waals surface area (Å²) < 4.78 is 82.7. The number of rotatable bonds is 5. The summed E-state index contributed by atoms with van der Waals surface area (Å²) in [7, 11) is 0. The van der Waals surface area contributed by atoms with Gasteiger partial charge in [-0.2, -0.15) is 26.3 Å². The predicted octanol–water partition coefficient (Wildman–Crippen LogP) is 4.77. The Balaban J connectivity index is 3.01. The first kappa shape index (κ1) is 22.1. The minimum atomic E-state index is -5.86. The standard InChI is InChI=1S/C16H24F6O3/c1-4-13(2,3)12(23)25-11-8-6-5-7-10(11)9-14(24,15(17,18)19)16(20,21)22/h10-11,24H,4-9H2,1-3H3. The van der Waals surface area contributed by atoms with Gasteiger partial charge in [0.15, 0.2) is 0 Å². The molecule has 0 bridgehead atoms. The van der Waals surface area contributed by atoms with Crippen LogP contribution in [0.4, 0.5) is 26.3 Å². The van der Waals surface area contributed by atoms with Gasteiger partial charge in [-0.25, -0.2) is 0 Å². The molecule has 0 aliphatic heterocycles. The summed E-state index contributed by atoms with van der Waals surface area (Å²) >= 11 is 0. The maximum absolute atomic E-state index is 12.9. The second kappa shape index (κ2) is 7.32. The quantitative estimate of drug-likeness (QED) is 0.554. The van der Waals surface area contributed by atoms with Crippen molar-refractivity contribution in [3.8, 4) is 0 Å². The first-order valence-corrected chi connectivity index (χ1v) is 8.22. The molecule has 0 radical (unpaired) electrons.